The number of nitrogens with one attached hydrogen (secondary N) is 4. The Morgan fingerprint density at radius 3 is 2.15 bits per heavy atom. The van der Waals surface area contributed by atoms with Gasteiger partial charge in [0.05, 0.1) is 32.8 Å². The normalized spacial score (nSPS) is 19.4. The van der Waals surface area contributed by atoms with E-state index in [9.17, 15) is 63.5 Å². The summed E-state index contributed by atoms with van der Waals surface area (Å²) in [7, 11) is -11.2. The van der Waals surface area contributed by atoms with Crippen molar-refractivity contribution in [1.82, 2.24) is 39.9 Å². The highest BCUT2D eigenvalue weighted by Crippen LogP contribution is 2.44. The number of hydrogen-bond donors (Lipinski definition) is 5. The monoisotopic (exact) mass is 1540 g/mol. The predicted octanol–water partition coefficient (Wildman–Crippen LogP) is 10.8. The van der Waals surface area contributed by atoms with Gasteiger partial charge in [0.15, 0.2) is 12.3 Å². The Hall–Kier alpha value is -7.64. The number of allylic oxidation sites excluding steroid dienone is 1. The van der Waals surface area contributed by atoms with Crippen LogP contribution in [0.1, 0.15) is 107 Å². The number of anilines is 2. The minimum atomic E-state index is -6.22. The summed E-state index contributed by atoms with van der Waals surface area (Å²) in [6.45, 7) is 16.3. The third kappa shape index (κ3) is 19.4. The van der Waals surface area contributed by atoms with Gasteiger partial charge in [-0.05, 0) is 146 Å². The van der Waals surface area contributed by atoms with Gasteiger partial charge >= 0.3 is 5.51 Å². The first kappa shape index (κ1) is 78.4. The Morgan fingerprint density at radius 2 is 1.50 bits per heavy atom. The van der Waals surface area contributed by atoms with E-state index in [0.29, 0.717) is 49.4 Å². The van der Waals surface area contributed by atoms with Crippen LogP contribution in [-0.2, 0) is 45.6 Å². The van der Waals surface area contributed by atoms with E-state index >= 15 is 0 Å². The first-order chi connectivity index (χ1) is 49.6. The number of alkyl halides is 4. The number of aromatic nitrogens is 1. The molecule has 3 aliphatic heterocycles. The Labute approximate surface area is 623 Å². The number of ether oxygens (including phenoxy) is 1. The molecule has 0 bridgehead atoms. The molecule has 5 aliphatic rings. The lowest BCUT2D eigenvalue weighted by Gasteiger charge is -2.39. The van der Waals surface area contributed by atoms with Crippen LogP contribution in [0.4, 0.5) is 28.9 Å². The molecule has 105 heavy (non-hydrogen) atoms. The standard InChI is InChI=1S/C75H89ClF4N10O11S4/c1-48-66(103-47-82-48)51-12-13-52(42-81-69(94)62-39-57(91)44-90(62)70(95)67(72(2,3)4)84-71(96)74(77)27-28-74)63(38-51)101-45-65(92)89-36-30-86(31-37-89)29-25-55(46-102-58-10-8-7-9-11-58)83-61-23-22-59(40-64(61)104(97,98)75(78,79)80)105(99,100)85-68(93)50-16-20-56(21-17-50)88-34-32-87(33-35-88)43-53-41-73(5,6)26-24-60(53)49-14-18-54(76)19-15-49/h7-23,38,40,47,55,57,62,67,83,91H,24-37,39,41-46H2,1-6H3,(H,81,94)(H,84,96)(H,85,93)/t55-,57-,62+,67-/m1/s1. The molecule has 5 aromatic carbocycles. The van der Waals surface area contributed by atoms with Gasteiger partial charge in [0, 0.05) is 123 Å². The number of aliphatic hydroxyl groups is 1. The van der Waals surface area contributed by atoms with Crippen LogP contribution >= 0.6 is 34.7 Å². The molecule has 2 aliphatic carbocycles. The van der Waals surface area contributed by atoms with Crippen molar-refractivity contribution in [3.63, 3.8) is 0 Å². The highest BCUT2D eigenvalue weighted by molar-refractivity contribution is 7.99. The second-order valence-corrected chi connectivity index (χ2v) is 35.5. The Bertz CT molecular complexity index is 4430. The molecule has 0 radical (unpaired) electrons. The Kier molecular flexibility index (Phi) is 24.2. The van der Waals surface area contributed by atoms with Gasteiger partial charge in [0.2, 0.25) is 11.8 Å². The minimum absolute atomic E-state index is 0.0418. The molecule has 4 atom stereocenters. The number of aryl methyl sites for hydroxylation is 1. The van der Waals surface area contributed by atoms with Crippen molar-refractivity contribution < 1.29 is 68.2 Å². The van der Waals surface area contributed by atoms with E-state index in [1.807, 2.05) is 60.2 Å². The van der Waals surface area contributed by atoms with Crippen molar-refractivity contribution in [3.8, 4) is 16.2 Å². The van der Waals surface area contributed by atoms with Crippen LogP contribution in [0.15, 0.2) is 141 Å². The average Bonchev–Trinajstić information content (AvgIpc) is 1.08. The SMILES string of the molecule is Cc1ncsc1-c1ccc(CNC(=O)[C@@H]2C[C@@H](O)CN2C(=O)[C@@H](NC(=O)C2(F)CC2)C(C)(C)C)c(OCC(=O)N2CCN(CC[C@H](CSc3ccccc3)Nc3ccc(S(=O)(=O)NC(=O)c4ccc(N5CCN(CC6=C(c7ccc(Cl)cc7)CCC(C)(C)C6)CC5)cc4)cc3S(=O)(=O)C(F)(F)F)CC2)c1. The molecule has 564 valence electrons. The number of β-amino-alcohol motifs (C(OH)–C–C–N with tert-alkyl or cyclic N) is 1. The number of thiazole rings is 1. The number of piperazine rings is 2. The van der Waals surface area contributed by atoms with Gasteiger partial charge in [0.1, 0.15) is 22.7 Å². The Morgan fingerprint density at radius 1 is 0.829 bits per heavy atom. The molecule has 1 aromatic heterocycles. The molecule has 5 amide bonds. The van der Waals surface area contributed by atoms with Crippen LogP contribution in [0, 0.1) is 17.8 Å². The van der Waals surface area contributed by atoms with Crippen LogP contribution in [0.25, 0.3) is 16.0 Å². The van der Waals surface area contributed by atoms with E-state index in [-0.39, 0.29) is 80.3 Å². The van der Waals surface area contributed by atoms with Crippen LogP contribution < -0.4 is 30.3 Å². The number of thioether (sulfide) groups is 1. The van der Waals surface area contributed by atoms with Crippen molar-refractivity contribution in [1.29, 1.82) is 0 Å². The molecule has 1 saturated carbocycles. The first-order valence-corrected chi connectivity index (χ1v) is 40.3. The van der Waals surface area contributed by atoms with Gasteiger partial charge in [-0.3, -0.25) is 33.8 Å². The largest absolute Gasteiger partial charge is 0.501 e. The number of amides is 5. The van der Waals surface area contributed by atoms with Gasteiger partial charge in [-0.15, -0.1) is 23.1 Å². The number of hydrogen-bond acceptors (Lipinski definition) is 18. The number of halogens is 5. The molecule has 4 fully saturated rings. The Balaban J connectivity index is 0.710. The van der Waals surface area contributed by atoms with Gasteiger partial charge in [-0.25, -0.2) is 30.9 Å². The second kappa shape index (κ2) is 32.4. The van der Waals surface area contributed by atoms with Crippen molar-refractivity contribution in [2.24, 2.45) is 10.8 Å². The quantitative estimate of drug-likeness (QED) is 0.0250. The van der Waals surface area contributed by atoms with Gasteiger partial charge in [0.25, 0.3) is 37.6 Å². The average molecular weight is 1550 g/mol. The van der Waals surface area contributed by atoms with Crippen molar-refractivity contribution in [3.05, 3.63) is 154 Å². The molecule has 0 unspecified atom stereocenters. The third-order valence-electron chi connectivity index (χ3n) is 20.0. The summed E-state index contributed by atoms with van der Waals surface area (Å²) < 4.78 is 122. The van der Waals surface area contributed by atoms with Gasteiger partial charge < -0.3 is 40.5 Å². The maximum atomic E-state index is 14.8. The smallest absolute Gasteiger partial charge is 0.483 e. The highest BCUT2D eigenvalue weighted by atomic mass is 35.5. The molecule has 5 N–H and O–H groups in total. The molecule has 3 saturated heterocycles. The van der Waals surface area contributed by atoms with E-state index in [4.69, 9.17) is 16.3 Å². The fourth-order valence-electron chi connectivity index (χ4n) is 13.7. The number of aliphatic hydroxyl groups excluding tert-OH is 1. The lowest BCUT2D eigenvalue weighted by molar-refractivity contribution is -0.145. The number of carbonyl (C=O) groups excluding carboxylic acids is 5. The van der Waals surface area contributed by atoms with Crippen LogP contribution in [0.3, 0.4) is 0 Å². The van der Waals surface area contributed by atoms with E-state index in [1.54, 1.807) is 55.4 Å². The number of sulfone groups is 1. The van der Waals surface area contributed by atoms with E-state index in [1.165, 1.54) is 56.8 Å². The highest BCUT2D eigenvalue weighted by Gasteiger charge is 2.54. The van der Waals surface area contributed by atoms with Crippen LogP contribution in [0.2, 0.25) is 5.02 Å². The summed E-state index contributed by atoms with van der Waals surface area (Å²) in [6.07, 6.45) is 2.25. The summed E-state index contributed by atoms with van der Waals surface area (Å²) in [4.78, 5) is 81.9. The van der Waals surface area contributed by atoms with Crippen molar-refractivity contribution in [2.45, 2.75) is 143 Å². The number of rotatable bonds is 26. The number of nitrogens with zero attached hydrogens (tertiary/aromatic N) is 6. The number of carbonyl (C=O) groups is 5. The fraction of sp³-hybridized carbons (Fsp3) is 0.467. The number of likely N-dealkylation sites (tertiary alicyclic amines) is 1. The van der Waals surface area contributed by atoms with Crippen LogP contribution in [0.5, 0.6) is 5.75 Å². The number of benzene rings is 5. The minimum Gasteiger partial charge on any atom is -0.483 e. The zero-order valence-electron chi connectivity index (χ0n) is 59.4. The summed E-state index contributed by atoms with van der Waals surface area (Å²) >= 11 is 9.00. The van der Waals surface area contributed by atoms with Gasteiger partial charge in [-0.1, -0.05) is 94.3 Å². The molecule has 30 heteroatoms. The molecular formula is C75H89ClF4N10O11S4. The van der Waals surface area contributed by atoms with Crippen molar-refractivity contribution >= 4 is 101 Å². The molecule has 21 nitrogen and oxygen atoms in total. The number of sulfonamides is 1. The summed E-state index contributed by atoms with van der Waals surface area (Å²) in [5.41, 5.74) is -0.713. The molecule has 11 rings (SSSR count). The first-order valence-electron chi connectivity index (χ1n) is 35.1. The van der Waals surface area contributed by atoms with Crippen LogP contribution in [-0.4, -0.2) is 196 Å². The summed E-state index contributed by atoms with van der Waals surface area (Å²) in [5, 5.41) is 19.9. The maximum Gasteiger partial charge on any atom is 0.501 e. The molecule has 0 spiro atoms. The zero-order chi connectivity index (χ0) is 75.4. The summed E-state index contributed by atoms with van der Waals surface area (Å²) in [5.74, 6) is -3.06. The predicted molar refractivity (Wildman–Crippen MR) is 398 cm³/mol. The topological polar surface area (TPSA) is 260 Å². The summed E-state index contributed by atoms with van der Waals surface area (Å²) in [6, 6.07) is 28.0. The lowest BCUT2D eigenvalue weighted by Crippen LogP contribution is -2.59. The van der Waals surface area contributed by atoms with E-state index < -0.39 is 106 Å². The third-order valence-corrected chi connectivity index (χ3v) is 25.3. The van der Waals surface area contributed by atoms with Crippen molar-refractivity contribution in [2.75, 3.05) is 94.6 Å². The zero-order valence-corrected chi connectivity index (χ0v) is 63.5. The van der Waals surface area contributed by atoms with Gasteiger partial charge in [-0.2, -0.15) is 13.2 Å². The second-order valence-electron chi connectivity index (χ2n) is 29.5. The van der Waals surface area contributed by atoms with E-state index in [0.717, 1.165) is 77.7 Å². The molecule has 6 aromatic rings. The fourth-order valence-corrected chi connectivity index (χ4v) is 17.6. The maximum absolute atomic E-state index is 14.8. The molecular weight excluding hydrogens is 1460 g/mol. The van der Waals surface area contributed by atoms with E-state index in [2.05, 4.69) is 61.6 Å². The molecule has 4 heterocycles. The lowest BCUT2D eigenvalue weighted by atomic mass is 9.73.